The van der Waals surface area contributed by atoms with Crippen molar-refractivity contribution >= 4 is 139 Å². The van der Waals surface area contributed by atoms with Gasteiger partial charge in [0.15, 0.2) is 0 Å². The van der Waals surface area contributed by atoms with Gasteiger partial charge < -0.3 is 0 Å². The van der Waals surface area contributed by atoms with Gasteiger partial charge in [-0.1, -0.05) is 12.8 Å². The van der Waals surface area contributed by atoms with E-state index in [4.69, 9.17) is 139 Å². The topological polar surface area (TPSA) is 96.2 Å². The summed E-state index contributed by atoms with van der Waals surface area (Å²) < 4.78 is 0. The van der Waals surface area contributed by atoms with Gasteiger partial charge in [0.25, 0.3) is 0 Å². The Labute approximate surface area is 382 Å². The molecule has 8 bridgehead atoms. The van der Waals surface area contributed by atoms with Crippen molar-refractivity contribution < 1.29 is 17.1 Å². The summed E-state index contributed by atoms with van der Waals surface area (Å²) in [5.41, 5.74) is 0. The van der Waals surface area contributed by atoms with Crippen molar-refractivity contribution in [1.29, 1.82) is 0 Å². The largest absolute Gasteiger partial charge is 0.286 e. The van der Waals surface area contributed by atoms with Crippen molar-refractivity contribution in [3.63, 3.8) is 0 Å². The van der Waals surface area contributed by atoms with E-state index in [1.54, 1.807) is 0 Å². The van der Waals surface area contributed by atoms with Crippen LogP contribution in [-0.2, 0) is 17.1 Å². The molecule has 53 heavy (non-hydrogen) atoms. The van der Waals surface area contributed by atoms with Crippen LogP contribution in [0.1, 0.15) is 25.7 Å². The first kappa shape index (κ1) is 43.3. The van der Waals surface area contributed by atoms with Crippen molar-refractivity contribution in [1.82, 2.24) is 42.5 Å². The molecule has 307 valence electrons. The number of hydrogen-bond acceptors (Lipinski definition) is 8. The number of rotatable bonds is 0. The van der Waals surface area contributed by atoms with Crippen LogP contribution in [0.2, 0.25) is 0 Å². The van der Waals surface area contributed by atoms with Crippen molar-refractivity contribution in [2.24, 2.45) is 47.3 Å². The normalized spacial score (nSPS) is 63.2. The molecule has 4 saturated carbocycles. The van der Waals surface area contributed by atoms with E-state index in [9.17, 15) is 0 Å². The van der Waals surface area contributed by atoms with Crippen LogP contribution in [0.25, 0.3) is 0 Å². The molecular weight excluding hydrogens is 985 g/mol. The van der Waals surface area contributed by atoms with Crippen LogP contribution in [-0.4, -0.2) is 114 Å². The van der Waals surface area contributed by atoms with E-state index < -0.39 is 64.5 Å². The predicted molar refractivity (Wildman–Crippen MR) is 217 cm³/mol. The van der Waals surface area contributed by atoms with Gasteiger partial charge in [-0.2, -0.15) is 0 Å². The van der Waals surface area contributed by atoms with Crippen molar-refractivity contribution in [2.75, 3.05) is 0 Å². The van der Waals surface area contributed by atoms with Crippen molar-refractivity contribution in [3.05, 3.63) is 0 Å². The van der Waals surface area contributed by atoms with Gasteiger partial charge in [-0.05, 0) is 24.7 Å². The molecule has 0 spiro atoms. The Morgan fingerprint density at radius 1 is 0.245 bits per heavy atom. The van der Waals surface area contributed by atoms with Gasteiger partial charge in [-0.25, -0.2) is 0 Å². The monoisotopic (exact) mass is 1020 g/mol. The Balaban J connectivity index is 0.00000400. The fourth-order valence-corrected chi connectivity index (χ4v) is 17.0. The summed E-state index contributed by atoms with van der Waals surface area (Å²) >= 11 is 84.9. The number of hydrogen-bond donors (Lipinski definition) is 8. The molecule has 21 heteroatoms. The zero-order chi connectivity index (χ0) is 36.7. The molecule has 5 saturated heterocycles. The van der Waals surface area contributed by atoms with E-state index in [2.05, 4.69) is 42.5 Å². The van der Waals surface area contributed by atoms with Gasteiger partial charge in [-0.15, -0.1) is 139 Å². The molecule has 8 N–H and O–H groups in total. The van der Waals surface area contributed by atoms with Gasteiger partial charge in [0.05, 0.1) is 114 Å². The van der Waals surface area contributed by atoms with Crippen LogP contribution in [0.15, 0.2) is 0 Å². The summed E-state index contributed by atoms with van der Waals surface area (Å²) in [7, 11) is 0. The maximum absolute atomic E-state index is 7.24. The minimum absolute atomic E-state index is 0. The Kier molecular flexibility index (Phi) is 13.7. The molecule has 8 nitrogen and oxygen atoms in total. The summed E-state index contributed by atoms with van der Waals surface area (Å²) in [4.78, 5) is 0. The molecule has 28 unspecified atom stereocenters. The van der Waals surface area contributed by atoms with Crippen LogP contribution < -0.4 is 42.5 Å². The molecule has 4 aliphatic carbocycles. The summed E-state index contributed by atoms with van der Waals surface area (Å²) in [6.45, 7) is 0. The minimum Gasteiger partial charge on any atom is -0.286 e. The average molecular weight is 1030 g/mol. The summed E-state index contributed by atoms with van der Waals surface area (Å²) in [5.74, 6) is -0.289. The van der Waals surface area contributed by atoms with Crippen molar-refractivity contribution in [3.8, 4) is 0 Å². The quantitative estimate of drug-likeness (QED) is 0.124. The molecule has 0 aromatic carbocycles. The molecule has 5 aliphatic heterocycles. The Bertz CT molecular complexity index is 1250. The number of fused-ring (bicyclic) bond motifs is 20. The van der Waals surface area contributed by atoms with E-state index in [0.717, 1.165) is 12.8 Å². The van der Waals surface area contributed by atoms with Gasteiger partial charge in [-0.3, -0.25) is 42.5 Å². The summed E-state index contributed by atoms with van der Waals surface area (Å²) in [6.07, 6.45) is 2.76. The fourth-order valence-electron chi connectivity index (χ4n) is 11.8. The van der Waals surface area contributed by atoms with Crippen LogP contribution >= 0.6 is 139 Å². The van der Waals surface area contributed by atoms with Crippen LogP contribution in [0.5, 0.6) is 0 Å². The first-order chi connectivity index (χ1) is 24.8. The second-order valence-corrected chi connectivity index (χ2v) is 22.6. The third kappa shape index (κ3) is 7.07. The van der Waals surface area contributed by atoms with E-state index >= 15 is 0 Å². The Hall–Kier alpha value is 3.68. The van der Waals surface area contributed by atoms with Crippen LogP contribution in [0.3, 0.4) is 0 Å². The molecule has 9 rings (SSSR count). The zero-order valence-electron chi connectivity index (χ0n) is 27.8. The number of halogens is 12. The van der Waals surface area contributed by atoms with Gasteiger partial charge in [0.2, 0.25) is 0 Å². The van der Waals surface area contributed by atoms with Crippen LogP contribution in [0.4, 0.5) is 0 Å². The molecule has 9 fully saturated rings. The molecule has 0 aromatic rings. The average Bonchev–Trinajstić information content (AvgIpc) is 3.87. The molecule has 9 aliphatic rings. The second-order valence-electron chi connectivity index (χ2n) is 16.6. The molecule has 0 amide bonds. The van der Waals surface area contributed by atoms with E-state index in [1.165, 1.54) is 12.8 Å². The van der Waals surface area contributed by atoms with E-state index in [-0.39, 0.29) is 102 Å². The molecule has 5 heterocycles. The minimum atomic E-state index is -0.565. The van der Waals surface area contributed by atoms with Gasteiger partial charge in [0.1, 0.15) is 0 Å². The van der Waals surface area contributed by atoms with Crippen molar-refractivity contribution in [2.45, 2.75) is 140 Å². The maximum Gasteiger partial charge on any atom is 0.0681 e. The number of nitrogens with one attached hydrogen (secondary N) is 8. The standard InChI is InChI=1S/C32H44Cl12N8.Cu/c33-13-7-9(15(35)21(41)19(13)39)29-48-27(7)46-25-5-3-1-2-4-6(5)26(45-25)47-28-8-10(16(36)22(42)20(40)14(8)34)30(49-28)51-32-12-11(31(50-29)52-32)17(37)23(43)24(44)18(12)38;/h5-32,45-52H,1-4H2;. The number of alkyl halides is 12. The zero-order valence-corrected chi connectivity index (χ0v) is 37.8. The van der Waals surface area contributed by atoms with Crippen LogP contribution in [0, 0.1) is 47.3 Å². The predicted octanol–water partition coefficient (Wildman–Crippen LogP) is 5.21. The fraction of sp³-hybridized carbons (Fsp3) is 1.00. The SMILES string of the molecule is ClC1C(Cl)C(Cl)C2C3NC(NC4NC(NC5NC(NC6NC(N3)C3C(Cl)C(Cl)C(Cl)C(Cl)C63)C3C(Cl)C(Cl)C(Cl)C(Cl)C53)C3CCCCC43)C2C1Cl.[Cu]. The van der Waals surface area contributed by atoms with E-state index in [0.29, 0.717) is 11.8 Å². The molecular formula is C32H44Cl12CuN8. The molecule has 0 aromatic heterocycles. The maximum atomic E-state index is 7.24. The smallest absolute Gasteiger partial charge is 0.0681 e. The van der Waals surface area contributed by atoms with Gasteiger partial charge in [0, 0.05) is 52.6 Å². The Morgan fingerprint density at radius 2 is 0.415 bits per heavy atom. The third-order valence-electron chi connectivity index (χ3n) is 14.2. The third-order valence-corrected chi connectivity index (χ3v) is 22.0. The van der Waals surface area contributed by atoms with Gasteiger partial charge >= 0.3 is 0 Å². The first-order valence-electron chi connectivity index (χ1n) is 18.6. The second kappa shape index (κ2) is 16.8. The van der Waals surface area contributed by atoms with E-state index in [1.807, 2.05) is 0 Å². The first-order valence-corrected chi connectivity index (χ1v) is 23.8. The summed E-state index contributed by atoms with van der Waals surface area (Å²) in [6, 6.07) is 0. The molecule has 1 radical (unpaired) electrons. The molecule has 28 atom stereocenters. The summed E-state index contributed by atoms with van der Waals surface area (Å²) in [5, 5.41) is 25.2. The Morgan fingerprint density at radius 3 is 0.623 bits per heavy atom.